The quantitative estimate of drug-likeness (QED) is 0.839. The van der Waals surface area contributed by atoms with Gasteiger partial charge >= 0.3 is 5.97 Å². The molecule has 1 N–H and O–H groups in total. The van der Waals surface area contributed by atoms with Gasteiger partial charge in [-0.25, -0.2) is 0 Å². The third-order valence-electron chi connectivity index (χ3n) is 3.03. The number of rotatable bonds is 4. The van der Waals surface area contributed by atoms with Crippen molar-refractivity contribution in [2.45, 2.75) is 38.3 Å². The third-order valence-corrected chi connectivity index (χ3v) is 3.03. The van der Waals surface area contributed by atoms with Crippen LogP contribution in [0.4, 0.5) is 0 Å². The van der Waals surface area contributed by atoms with Crippen molar-refractivity contribution in [2.24, 2.45) is 0 Å². The van der Waals surface area contributed by atoms with Crippen molar-refractivity contribution in [1.82, 2.24) is 10.1 Å². The molecule has 2 heterocycles. The maximum absolute atomic E-state index is 10.8. The van der Waals surface area contributed by atoms with Crippen LogP contribution >= 0.6 is 0 Å². The van der Waals surface area contributed by atoms with Crippen LogP contribution in [0.2, 0.25) is 0 Å². The third kappa shape index (κ3) is 2.82. The maximum atomic E-state index is 10.8. The smallest absolute Gasteiger partial charge is 0.304 e. The molecule has 0 spiro atoms. The molecule has 0 radical (unpaired) electrons. The predicted octanol–water partition coefficient (Wildman–Crippen LogP) is 1.50. The van der Waals surface area contributed by atoms with Gasteiger partial charge < -0.3 is 9.63 Å². The van der Waals surface area contributed by atoms with Gasteiger partial charge in [-0.3, -0.25) is 9.69 Å². The summed E-state index contributed by atoms with van der Waals surface area (Å²) in [5.74, 6) is -0.720. The summed E-state index contributed by atoms with van der Waals surface area (Å²) in [5.41, 5.74) is 1.01. The number of carbonyl (C=O) groups is 1. The van der Waals surface area contributed by atoms with Crippen LogP contribution in [-0.2, 0) is 11.3 Å². The van der Waals surface area contributed by atoms with E-state index in [1.807, 2.05) is 0 Å². The second-order valence-corrected chi connectivity index (χ2v) is 4.25. The van der Waals surface area contributed by atoms with Gasteiger partial charge in [-0.1, -0.05) is 11.6 Å². The fourth-order valence-corrected chi connectivity index (χ4v) is 2.24. The number of piperidine rings is 1. The summed E-state index contributed by atoms with van der Waals surface area (Å²) < 4.78 is 4.78. The van der Waals surface area contributed by atoms with Gasteiger partial charge in [0.1, 0.15) is 6.26 Å². The molecule has 1 aliphatic heterocycles. The van der Waals surface area contributed by atoms with Crippen LogP contribution in [0.3, 0.4) is 0 Å². The number of hydrogen-bond donors (Lipinski definition) is 1. The second kappa shape index (κ2) is 5.12. The van der Waals surface area contributed by atoms with Crippen molar-refractivity contribution in [1.29, 1.82) is 0 Å². The summed E-state index contributed by atoms with van der Waals surface area (Å²) in [6.07, 6.45) is 6.77. The van der Waals surface area contributed by atoms with Crippen molar-refractivity contribution in [3.63, 3.8) is 0 Å². The molecule has 1 atom stereocenters. The lowest BCUT2D eigenvalue weighted by atomic mass is 9.99. The zero-order valence-corrected chi connectivity index (χ0v) is 9.13. The van der Waals surface area contributed by atoms with E-state index in [0.717, 1.165) is 37.9 Å². The van der Waals surface area contributed by atoms with Crippen molar-refractivity contribution in [2.75, 3.05) is 6.54 Å². The lowest BCUT2D eigenvalue weighted by Gasteiger charge is -2.34. The minimum atomic E-state index is -0.720. The number of carboxylic acids is 1. The highest BCUT2D eigenvalue weighted by Gasteiger charge is 2.24. The minimum absolute atomic E-state index is 0.154. The van der Waals surface area contributed by atoms with Gasteiger partial charge in [0.05, 0.1) is 12.6 Å². The first kappa shape index (κ1) is 11.1. The number of hydrogen-bond acceptors (Lipinski definition) is 4. The molecular weight excluding hydrogens is 208 g/mol. The zero-order valence-electron chi connectivity index (χ0n) is 9.13. The van der Waals surface area contributed by atoms with Crippen LogP contribution in [-0.4, -0.2) is 33.7 Å². The molecule has 1 aliphatic rings. The van der Waals surface area contributed by atoms with Gasteiger partial charge in [-0.05, 0) is 19.4 Å². The molecule has 1 aromatic rings. The highest BCUT2D eigenvalue weighted by atomic mass is 16.5. The Morgan fingerprint density at radius 2 is 2.50 bits per heavy atom. The molecule has 1 aromatic heterocycles. The van der Waals surface area contributed by atoms with E-state index in [4.69, 9.17) is 9.63 Å². The van der Waals surface area contributed by atoms with Gasteiger partial charge in [-0.15, -0.1) is 0 Å². The molecule has 0 saturated carbocycles. The molecular formula is C11H16N2O3. The van der Waals surface area contributed by atoms with Gasteiger partial charge in [0, 0.05) is 18.2 Å². The zero-order chi connectivity index (χ0) is 11.4. The van der Waals surface area contributed by atoms with Crippen LogP contribution < -0.4 is 0 Å². The summed E-state index contributed by atoms with van der Waals surface area (Å²) in [6, 6.07) is 0.154. The Bertz CT molecular complexity index is 337. The molecule has 1 saturated heterocycles. The highest BCUT2D eigenvalue weighted by molar-refractivity contribution is 5.67. The molecule has 0 bridgehead atoms. The Labute approximate surface area is 94.0 Å². The molecule has 88 valence electrons. The largest absolute Gasteiger partial charge is 0.481 e. The first-order valence-corrected chi connectivity index (χ1v) is 5.60. The van der Waals surface area contributed by atoms with E-state index >= 15 is 0 Å². The fraction of sp³-hybridized carbons (Fsp3) is 0.636. The maximum Gasteiger partial charge on any atom is 0.304 e. The summed E-state index contributed by atoms with van der Waals surface area (Å²) in [7, 11) is 0. The Morgan fingerprint density at radius 3 is 3.19 bits per heavy atom. The average Bonchev–Trinajstić information content (AvgIpc) is 2.73. The molecule has 0 aromatic carbocycles. The number of carboxylic acid groups (broad SMARTS) is 1. The average molecular weight is 224 g/mol. The Kier molecular flexibility index (Phi) is 3.56. The van der Waals surface area contributed by atoms with Gasteiger partial charge in [0.25, 0.3) is 0 Å². The van der Waals surface area contributed by atoms with Crippen LogP contribution in [0.15, 0.2) is 17.0 Å². The summed E-state index contributed by atoms with van der Waals surface area (Å²) in [4.78, 5) is 13.0. The van der Waals surface area contributed by atoms with E-state index in [1.54, 1.807) is 12.5 Å². The normalized spacial score (nSPS) is 22.1. The number of aliphatic carboxylic acids is 1. The lowest BCUT2D eigenvalue weighted by Crippen LogP contribution is -2.40. The first-order valence-electron chi connectivity index (χ1n) is 5.60. The summed E-state index contributed by atoms with van der Waals surface area (Å²) in [5, 5.41) is 12.5. The van der Waals surface area contributed by atoms with E-state index in [9.17, 15) is 4.79 Å². The van der Waals surface area contributed by atoms with Gasteiger partial charge in [0.15, 0.2) is 0 Å². The van der Waals surface area contributed by atoms with E-state index in [1.165, 1.54) is 0 Å². The van der Waals surface area contributed by atoms with E-state index in [-0.39, 0.29) is 12.5 Å². The van der Waals surface area contributed by atoms with E-state index in [2.05, 4.69) is 10.1 Å². The van der Waals surface area contributed by atoms with E-state index in [0.29, 0.717) is 0 Å². The number of likely N-dealkylation sites (tertiary alicyclic amines) is 1. The summed E-state index contributed by atoms with van der Waals surface area (Å²) in [6.45, 7) is 1.70. The Balaban J connectivity index is 1.96. The van der Waals surface area contributed by atoms with Crippen LogP contribution in [0.25, 0.3) is 0 Å². The Hall–Kier alpha value is -1.36. The SMILES string of the molecule is O=C(O)CC1CCCCN1Cc1cnoc1. The van der Waals surface area contributed by atoms with Crippen molar-refractivity contribution in [3.8, 4) is 0 Å². The van der Waals surface area contributed by atoms with Crippen LogP contribution in [0.1, 0.15) is 31.2 Å². The molecule has 16 heavy (non-hydrogen) atoms. The fourth-order valence-electron chi connectivity index (χ4n) is 2.24. The second-order valence-electron chi connectivity index (χ2n) is 4.25. The lowest BCUT2D eigenvalue weighted by molar-refractivity contribution is -0.138. The summed E-state index contributed by atoms with van der Waals surface area (Å²) >= 11 is 0. The molecule has 1 fully saturated rings. The van der Waals surface area contributed by atoms with E-state index < -0.39 is 5.97 Å². The van der Waals surface area contributed by atoms with Crippen LogP contribution in [0.5, 0.6) is 0 Å². The highest BCUT2D eigenvalue weighted by Crippen LogP contribution is 2.21. The van der Waals surface area contributed by atoms with Gasteiger partial charge in [-0.2, -0.15) is 0 Å². The Morgan fingerprint density at radius 1 is 1.62 bits per heavy atom. The van der Waals surface area contributed by atoms with Crippen molar-refractivity contribution >= 4 is 5.97 Å². The molecule has 2 rings (SSSR count). The predicted molar refractivity (Wildman–Crippen MR) is 56.8 cm³/mol. The standard InChI is InChI=1S/C11H16N2O3/c14-11(15)5-10-3-1-2-4-13(10)7-9-6-12-16-8-9/h6,8,10H,1-5,7H2,(H,14,15). The van der Waals surface area contributed by atoms with Crippen molar-refractivity contribution in [3.05, 3.63) is 18.0 Å². The van der Waals surface area contributed by atoms with Gasteiger partial charge in [0.2, 0.25) is 0 Å². The molecule has 0 aliphatic carbocycles. The molecule has 0 amide bonds. The molecule has 1 unspecified atom stereocenters. The van der Waals surface area contributed by atoms with Crippen molar-refractivity contribution < 1.29 is 14.4 Å². The number of nitrogens with zero attached hydrogens (tertiary/aromatic N) is 2. The first-order chi connectivity index (χ1) is 7.75. The molecule has 5 heteroatoms. The minimum Gasteiger partial charge on any atom is -0.481 e. The van der Waals surface area contributed by atoms with Crippen LogP contribution in [0, 0.1) is 0 Å². The molecule has 5 nitrogen and oxygen atoms in total. The topological polar surface area (TPSA) is 66.6 Å². The monoisotopic (exact) mass is 224 g/mol. The number of aromatic nitrogens is 1.